The van der Waals surface area contributed by atoms with Gasteiger partial charge in [0.15, 0.2) is 35.4 Å². The van der Waals surface area contributed by atoms with Crippen LogP contribution in [-0.4, -0.2) is 33.2 Å². The lowest BCUT2D eigenvalue weighted by Crippen LogP contribution is -2.12. The third-order valence-electron chi connectivity index (χ3n) is 3.44. The van der Waals surface area contributed by atoms with Gasteiger partial charge in [0.05, 0.1) is 32.5 Å². The Kier molecular flexibility index (Phi) is 6.24. The minimum atomic E-state index is -0.215. The topological polar surface area (TPSA) is 77.8 Å². The van der Waals surface area contributed by atoms with Gasteiger partial charge in [-0.05, 0) is 37.3 Å². The summed E-state index contributed by atoms with van der Waals surface area (Å²) >= 11 is 0. The number of ketones is 1. The average molecular weight is 341 g/mol. The summed E-state index contributed by atoms with van der Waals surface area (Å²) in [4.78, 5) is 12.4. The van der Waals surface area contributed by atoms with Crippen molar-refractivity contribution in [2.75, 3.05) is 27.4 Å². The number of methoxy groups -OCH3 is 2. The van der Waals surface area contributed by atoms with Crippen LogP contribution in [0.5, 0.6) is 23.0 Å². The number of rotatable bonds is 8. The molecule has 0 radical (unpaired) electrons. The van der Waals surface area contributed by atoms with Crippen molar-refractivity contribution in [2.45, 2.75) is 6.92 Å². The number of nitrogens with zero attached hydrogens (tertiary/aromatic N) is 1. The van der Waals surface area contributed by atoms with Crippen LogP contribution in [0.2, 0.25) is 0 Å². The zero-order valence-corrected chi connectivity index (χ0v) is 14.4. The summed E-state index contributed by atoms with van der Waals surface area (Å²) in [6, 6.07) is 11.8. The van der Waals surface area contributed by atoms with E-state index in [2.05, 4.69) is 0 Å². The van der Waals surface area contributed by atoms with Crippen molar-refractivity contribution in [1.29, 1.82) is 5.26 Å². The zero-order chi connectivity index (χ0) is 18.2. The smallest absolute Gasteiger partial charge is 0.200 e. The molecule has 0 aliphatic heterocycles. The van der Waals surface area contributed by atoms with Crippen molar-refractivity contribution >= 4 is 5.78 Å². The van der Waals surface area contributed by atoms with Crippen LogP contribution in [0.4, 0.5) is 0 Å². The van der Waals surface area contributed by atoms with Gasteiger partial charge in [0.1, 0.15) is 0 Å². The molecule has 0 aliphatic carbocycles. The van der Waals surface area contributed by atoms with E-state index >= 15 is 0 Å². The molecule has 2 aromatic rings. The van der Waals surface area contributed by atoms with E-state index in [1.807, 2.05) is 13.0 Å². The van der Waals surface area contributed by atoms with Crippen molar-refractivity contribution in [1.82, 2.24) is 0 Å². The van der Waals surface area contributed by atoms with E-state index in [-0.39, 0.29) is 12.4 Å². The van der Waals surface area contributed by atoms with Gasteiger partial charge in [0.25, 0.3) is 0 Å². The molecule has 2 rings (SSSR count). The number of ether oxygens (including phenoxy) is 4. The van der Waals surface area contributed by atoms with E-state index in [4.69, 9.17) is 24.2 Å². The van der Waals surface area contributed by atoms with Crippen LogP contribution in [0, 0.1) is 11.3 Å². The lowest BCUT2D eigenvalue weighted by Gasteiger charge is -2.12. The van der Waals surface area contributed by atoms with Crippen molar-refractivity contribution < 1.29 is 23.7 Å². The van der Waals surface area contributed by atoms with Crippen LogP contribution in [0.1, 0.15) is 22.8 Å². The van der Waals surface area contributed by atoms with Gasteiger partial charge in [-0.2, -0.15) is 5.26 Å². The van der Waals surface area contributed by atoms with E-state index in [1.54, 1.807) is 36.4 Å². The van der Waals surface area contributed by atoms with Crippen LogP contribution >= 0.6 is 0 Å². The van der Waals surface area contributed by atoms with Gasteiger partial charge < -0.3 is 18.9 Å². The molecule has 0 saturated heterocycles. The first-order chi connectivity index (χ1) is 12.1. The number of Topliss-reactive ketones (excluding diaryl/α,β-unsaturated/α-hetero) is 1. The lowest BCUT2D eigenvalue weighted by atomic mass is 10.1. The largest absolute Gasteiger partial charge is 0.493 e. The minimum absolute atomic E-state index is 0.165. The lowest BCUT2D eigenvalue weighted by molar-refractivity contribution is 0.0918. The second kappa shape index (κ2) is 8.60. The van der Waals surface area contributed by atoms with Crippen molar-refractivity contribution in [3.05, 3.63) is 47.5 Å². The van der Waals surface area contributed by atoms with Gasteiger partial charge in [-0.25, -0.2) is 0 Å². The molecule has 0 unspecified atom stereocenters. The first-order valence-corrected chi connectivity index (χ1v) is 7.67. The van der Waals surface area contributed by atoms with Crippen LogP contribution < -0.4 is 18.9 Å². The molecule has 0 aliphatic rings. The molecule has 0 aromatic heterocycles. The molecule has 130 valence electrons. The molecule has 0 heterocycles. The predicted molar refractivity (Wildman–Crippen MR) is 91.7 cm³/mol. The normalized spacial score (nSPS) is 9.84. The van der Waals surface area contributed by atoms with Crippen molar-refractivity contribution in [3.63, 3.8) is 0 Å². The Morgan fingerprint density at radius 2 is 1.68 bits per heavy atom. The Bertz CT molecular complexity index is 795. The third-order valence-corrected chi connectivity index (χ3v) is 3.44. The number of hydrogen-bond acceptors (Lipinski definition) is 6. The van der Waals surface area contributed by atoms with Gasteiger partial charge in [-0.15, -0.1) is 0 Å². The van der Waals surface area contributed by atoms with Gasteiger partial charge in [0.2, 0.25) is 0 Å². The highest BCUT2D eigenvalue weighted by atomic mass is 16.5. The van der Waals surface area contributed by atoms with Crippen LogP contribution in [0.25, 0.3) is 0 Å². The fourth-order valence-electron chi connectivity index (χ4n) is 2.20. The number of benzene rings is 2. The number of carbonyl (C=O) groups excluding carboxylic acids is 1. The van der Waals surface area contributed by atoms with E-state index in [0.29, 0.717) is 40.7 Å². The van der Waals surface area contributed by atoms with E-state index < -0.39 is 0 Å². The Hall–Kier alpha value is -3.20. The molecule has 0 saturated carbocycles. The summed E-state index contributed by atoms with van der Waals surface area (Å²) in [5.41, 5.74) is 0.909. The molecule has 0 spiro atoms. The molecule has 0 atom stereocenters. The second-order valence-electron chi connectivity index (χ2n) is 4.99. The summed E-state index contributed by atoms with van der Waals surface area (Å²) < 4.78 is 21.4. The first-order valence-electron chi connectivity index (χ1n) is 7.67. The van der Waals surface area contributed by atoms with Crippen molar-refractivity contribution in [3.8, 4) is 29.1 Å². The molecular weight excluding hydrogens is 322 g/mol. The minimum Gasteiger partial charge on any atom is -0.493 e. The summed E-state index contributed by atoms with van der Waals surface area (Å²) in [5, 5.41) is 8.96. The highest BCUT2D eigenvalue weighted by Gasteiger charge is 2.13. The monoisotopic (exact) mass is 341 g/mol. The zero-order valence-electron chi connectivity index (χ0n) is 14.4. The maximum absolute atomic E-state index is 12.4. The summed E-state index contributed by atoms with van der Waals surface area (Å²) in [6.07, 6.45) is 0. The fourth-order valence-corrected chi connectivity index (χ4v) is 2.20. The van der Waals surface area contributed by atoms with E-state index in [9.17, 15) is 4.79 Å². The van der Waals surface area contributed by atoms with Gasteiger partial charge in [0, 0.05) is 11.6 Å². The molecule has 2 aromatic carbocycles. The SMILES string of the molecule is CCOc1cc(C#N)ccc1OCC(=O)c1ccc(OC)c(OC)c1. The van der Waals surface area contributed by atoms with Gasteiger partial charge >= 0.3 is 0 Å². The van der Waals surface area contributed by atoms with E-state index in [1.165, 1.54) is 14.2 Å². The molecular formula is C19H19NO5. The maximum Gasteiger partial charge on any atom is 0.200 e. The molecule has 6 nitrogen and oxygen atoms in total. The number of hydrogen-bond donors (Lipinski definition) is 0. The molecule has 0 amide bonds. The molecule has 0 N–H and O–H groups in total. The van der Waals surface area contributed by atoms with Gasteiger partial charge in [-0.3, -0.25) is 4.79 Å². The van der Waals surface area contributed by atoms with E-state index in [0.717, 1.165) is 0 Å². The number of nitriles is 1. The van der Waals surface area contributed by atoms with Crippen molar-refractivity contribution in [2.24, 2.45) is 0 Å². The van der Waals surface area contributed by atoms with Crippen LogP contribution in [0.3, 0.4) is 0 Å². The number of carbonyl (C=O) groups is 1. The Balaban J connectivity index is 2.13. The highest BCUT2D eigenvalue weighted by molar-refractivity contribution is 5.97. The molecule has 6 heteroatoms. The van der Waals surface area contributed by atoms with Crippen LogP contribution in [0.15, 0.2) is 36.4 Å². The third kappa shape index (κ3) is 4.42. The fraction of sp³-hybridized carbons (Fsp3) is 0.263. The van der Waals surface area contributed by atoms with Crippen LogP contribution in [-0.2, 0) is 0 Å². The Morgan fingerprint density at radius 3 is 2.32 bits per heavy atom. The maximum atomic E-state index is 12.4. The highest BCUT2D eigenvalue weighted by Crippen LogP contribution is 2.30. The summed E-state index contributed by atoms with van der Waals surface area (Å²) in [5.74, 6) is 1.65. The molecule has 25 heavy (non-hydrogen) atoms. The summed E-state index contributed by atoms with van der Waals surface area (Å²) in [6.45, 7) is 2.09. The average Bonchev–Trinajstić information content (AvgIpc) is 2.66. The Labute approximate surface area is 146 Å². The first kappa shape index (κ1) is 18.1. The molecule has 0 fully saturated rings. The summed E-state index contributed by atoms with van der Waals surface area (Å²) in [7, 11) is 3.04. The predicted octanol–water partition coefficient (Wildman–Crippen LogP) is 3.24. The van der Waals surface area contributed by atoms with Gasteiger partial charge in [-0.1, -0.05) is 0 Å². The quantitative estimate of drug-likeness (QED) is 0.686. The Morgan fingerprint density at radius 1 is 0.960 bits per heavy atom. The molecule has 0 bridgehead atoms. The second-order valence-corrected chi connectivity index (χ2v) is 4.99. The standard InChI is InChI=1S/C19H19NO5/c1-4-24-19-9-13(11-20)5-7-17(19)25-12-15(21)14-6-8-16(22-2)18(10-14)23-3/h5-10H,4,12H2,1-3H3.